The molecule has 20 heavy (non-hydrogen) atoms. The first-order chi connectivity index (χ1) is 9.56. The second-order valence-corrected chi connectivity index (χ2v) is 4.12. The van der Waals surface area contributed by atoms with Crippen LogP contribution in [0.25, 0.3) is 0 Å². The molecule has 1 atom stereocenters. The third kappa shape index (κ3) is 5.44. The maximum Gasteiger partial charge on any atom is 0.308 e. The van der Waals surface area contributed by atoms with Crippen molar-refractivity contribution in [2.24, 2.45) is 0 Å². The zero-order valence-corrected chi connectivity index (χ0v) is 11.7. The van der Waals surface area contributed by atoms with Gasteiger partial charge in [0.05, 0.1) is 25.7 Å². The van der Waals surface area contributed by atoms with Crippen LogP contribution < -0.4 is 10.1 Å². The average molecular weight is 285 g/mol. The van der Waals surface area contributed by atoms with Crippen LogP contribution in [-0.2, 0) is 9.53 Å². The van der Waals surface area contributed by atoms with E-state index in [1.54, 1.807) is 19.9 Å². The summed E-state index contributed by atoms with van der Waals surface area (Å²) in [6.07, 6.45) is -0.982. The molecule has 0 heterocycles. The van der Waals surface area contributed by atoms with E-state index in [1.165, 1.54) is 12.1 Å². The van der Waals surface area contributed by atoms with Gasteiger partial charge in [0, 0.05) is 18.3 Å². The minimum atomic E-state index is -0.885. The zero-order chi connectivity index (χ0) is 15.0. The van der Waals surface area contributed by atoms with Crippen LogP contribution in [0.3, 0.4) is 0 Å². The Hall–Kier alpha value is -1.82. The number of anilines is 1. The molecule has 0 fully saturated rings. The summed E-state index contributed by atoms with van der Waals surface area (Å²) in [7, 11) is 0. The Labute approximate surface area is 117 Å². The summed E-state index contributed by atoms with van der Waals surface area (Å²) in [6.45, 7) is 4.28. The number of rotatable bonds is 8. The highest BCUT2D eigenvalue weighted by Gasteiger charge is 2.12. The minimum absolute atomic E-state index is 0.0969. The van der Waals surface area contributed by atoms with Crippen molar-refractivity contribution in [2.75, 3.05) is 25.1 Å². The number of benzene rings is 1. The Kier molecular flexibility index (Phi) is 6.79. The van der Waals surface area contributed by atoms with Gasteiger partial charge in [-0.3, -0.25) is 4.79 Å². The lowest BCUT2D eigenvalue weighted by atomic mass is 10.2. The number of ether oxygens (including phenoxy) is 2. The summed E-state index contributed by atoms with van der Waals surface area (Å²) in [5, 5.41) is 12.5. The summed E-state index contributed by atoms with van der Waals surface area (Å²) in [5.41, 5.74) is 0.508. The lowest BCUT2D eigenvalue weighted by molar-refractivity contribution is -0.145. The van der Waals surface area contributed by atoms with Gasteiger partial charge in [0.15, 0.2) is 11.6 Å². The largest absolute Gasteiger partial charge is 0.491 e. The molecule has 0 aliphatic carbocycles. The number of esters is 1. The number of halogens is 1. The van der Waals surface area contributed by atoms with Gasteiger partial charge in [-0.2, -0.15) is 0 Å². The molecule has 1 aromatic carbocycles. The Morgan fingerprint density at radius 3 is 2.75 bits per heavy atom. The maximum atomic E-state index is 13.6. The highest BCUT2D eigenvalue weighted by molar-refractivity contribution is 5.70. The van der Waals surface area contributed by atoms with Crippen LogP contribution in [0, 0.1) is 5.82 Å². The number of hydrogen-bond acceptors (Lipinski definition) is 5. The van der Waals surface area contributed by atoms with E-state index in [2.05, 4.69) is 5.32 Å². The van der Waals surface area contributed by atoms with Crippen LogP contribution in [0.5, 0.6) is 5.75 Å². The SMILES string of the molecule is CCOC(=O)CC(O)CNc1ccc(OCC)c(F)c1. The minimum Gasteiger partial charge on any atom is -0.491 e. The average Bonchev–Trinajstić information content (AvgIpc) is 2.39. The summed E-state index contributed by atoms with van der Waals surface area (Å²) >= 11 is 0. The predicted molar refractivity (Wildman–Crippen MR) is 73.3 cm³/mol. The predicted octanol–water partition coefficient (Wildman–Crippen LogP) is 1.95. The Balaban J connectivity index is 2.45. The first kappa shape index (κ1) is 16.2. The van der Waals surface area contributed by atoms with Gasteiger partial charge in [-0.1, -0.05) is 0 Å². The van der Waals surface area contributed by atoms with Crippen molar-refractivity contribution in [3.05, 3.63) is 24.0 Å². The van der Waals surface area contributed by atoms with Crippen molar-refractivity contribution in [2.45, 2.75) is 26.4 Å². The molecule has 0 aliphatic rings. The van der Waals surface area contributed by atoms with Gasteiger partial charge in [-0.05, 0) is 26.0 Å². The zero-order valence-electron chi connectivity index (χ0n) is 11.7. The number of nitrogens with one attached hydrogen (secondary N) is 1. The number of aliphatic hydroxyl groups is 1. The van der Waals surface area contributed by atoms with E-state index in [0.29, 0.717) is 12.3 Å². The van der Waals surface area contributed by atoms with Crippen LogP contribution in [0.4, 0.5) is 10.1 Å². The first-order valence-corrected chi connectivity index (χ1v) is 6.56. The summed E-state index contributed by atoms with van der Waals surface area (Å²) < 4.78 is 23.4. The molecule has 0 saturated carbocycles. The smallest absolute Gasteiger partial charge is 0.308 e. The molecule has 112 valence electrons. The first-order valence-electron chi connectivity index (χ1n) is 6.56. The number of carbonyl (C=O) groups is 1. The van der Waals surface area contributed by atoms with Crippen LogP contribution in [0.1, 0.15) is 20.3 Å². The summed E-state index contributed by atoms with van der Waals surface area (Å²) in [4.78, 5) is 11.1. The Morgan fingerprint density at radius 2 is 2.15 bits per heavy atom. The fraction of sp³-hybridized carbons (Fsp3) is 0.500. The van der Waals surface area contributed by atoms with Crippen LogP contribution in [0.2, 0.25) is 0 Å². The monoisotopic (exact) mass is 285 g/mol. The van der Waals surface area contributed by atoms with E-state index in [-0.39, 0.29) is 25.3 Å². The van der Waals surface area contributed by atoms with Crippen molar-refractivity contribution in [1.29, 1.82) is 0 Å². The van der Waals surface area contributed by atoms with E-state index < -0.39 is 17.9 Å². The Bertz CT molecular complexity index is 439. The molecular weight excluding hydrogens is 265 g/mol. The third-order valence-corrected chi connectivity index (χ3v) is 2.48. The molecule has 1 rings (SSSR count). The Morgan fingerprint density at radius 1 is 1.40 bits per heavy atom. The molecule has 0 aliphatic heterocycles. The van der Waals surface area contributed by atoms with Crippen LogP contribution in [0.15, 0.2) is 18.2 Å². The summed E-state index contributed by atoms with van der Waals surface area (Å²) in [6, 6.07) is 4.44. The van der Waals surface area contributed by atoms with Gasteiger partial charge >= 0.3 is 5.97 Å². The van der Waals surface area contributed by atoms with Crippen molar-refractivity contribution < 1.29 is 23.8 Å². The number of aliphatic hydroxyl groups excluding tert-OH is 1. The van der Waals surface area contributed by atoms with Crippen LogP contribution >= 0.6 is 0 Å². The standard InChI is InChI=1S/C14H20FNO4/c1-3-19-13-6-5-10(7-12(13)15)16-9-11(17)8-14(18)20-4-2/h5-7,11,16-17H,3-4,8-9H2,1-2H3. The molecule has 0 amide bonds. The third-order valence-electron chi connectivity index (χ3n) is 2.48. The quantitative estimate of drug-likeness (QED) is 0.715. The molecule has 2 N–H and O–H groups in total. The van der Waals surface area contributed by atoms with Gasteiger partial charge in [-0.15, -0.1) is 0 Å². The normalized spacial score (nSPS) is 11.8. The number of hydrogen-bond donors (Lipinski definition) is 2. The maximum absolute atomic E-state index is 13.6. The van der Waals surface area contributed by atoms with E-state index in [9.17, 15) is 14.3 Å². The molecule has 0 bridgehead atoms. The van der Waals surface area contributed by atoms with E-state index in [4.69, 9.17) is 9.47 Å². The van der Waals surface area contributed by atoms with Crippen LogP contribution in [-0.4, -0.2) is 36.9 Å². The van der Waals surface area contributed by atoms with E-state index in [0.717, 1.165) is 0 Å². The van der Waals surface area contributed by atoms with Gasteiger partial charge in [0.1, 0.15) is 0 Å². The fourth-order valence-electron chi connectivity index (χ4n) is 1.60. The summed E-state index contributed by atoms with van der Waals surface area (Å²) in [5.74, 6) is -0.749. The van der Waals surface area contributed by atoms with Gasteiger partial charge in [-0.25, -0.2) is 4.39 Å². The molecule has 6 heteroatoms. The van der Waals surface area contributed by atoms with E-state index >= 15 is 0 Å². The van der Waals surface area contributed by atoms with Gasteiger partial charge < -0.3 is 19.9 Å². The lowest BCUT2D eigenvalue weighted by Crippen LogP contribution is -2.23. The molecular formula is C14H20FNO4. The second kappa shape index (κ2) is 8.37. The van der Waals surface area contributed by atoms with Gasteiger partial charge in [0.2, 0.25) is 0 Å². The van der Waals surface area contributed by atoms with Gasteiger partial charge in [0.25, 0.3) is 0 Å². The lowest BCUT2D eigenvalue weighted by Gasteiger charge is -2.13. The topological polar surface area (TPSA) is 67.8 Å². The molecule has 0 spiro atoms. The molecule has 0 radical (unpaired) electrons. The fourth-order valence-corrected chi connectivity index (χ4v) is 1.60. The molecule has 5 nitrogen and oxygen atoms in total. The van der Waals surface area contributed by atoms with Crippen molar-refractivity contribution in [3.8, 4) is 5.75 Å². The van der Waals surface area contributed by atoms with Crippen molar-refractivity contribution in [1.82, 2.24) is 0 Å². The van der Waals surface area contributed by atoms with E-state index in [1.807, 2.05) is 0 Å². The molecule has 1 aromatic rings. The highest BCUT2D eigenvalue weighted by atomic mass is 19.1. The van der Waals surface area contributed by atoms with Crippen molar-refractivity contribution >= 4 is 11.7 Å². The second-order valence-electron chi connectivity index (χ2n) is 4.12. The number of carbonyl (C=O) groups excluding carboxylic acids is 1. The highest BCUT2D eigenvalue weighted by Crippen LogP contribution is 2.21. The molecule has 0 saturated heterocycles. The molecule has 0 aromatic heterocycles. The molecule has 1 unspecified atom stereocenters. The van der Waals surface area contributed by atoms with Crippen molar-refractivity contribution in [3.63, 3.8) is 0 Å².